The van der Waals surface area contributed by atoms with Crippen LogP contribution in [-0.4, -0.2) is 38.2 Å². The number of carbonyl (C=O) groups is 2. The molecule has 1 amide bonds. The van der Waals surface area contributed by atoms with Gasteiger partial charge < -0.3 is 16.2 Å². The first-order valence-electron chi connectivity index (χ1n) is 4.19. The third kappa shape index (κ3) is 3.73. The fraction of sp³-hybridized carbons (Fsp3) is 0.429. The third-order valence-electron chi connectivity index (χ3n) is 1.63. The number of nitrogens with one attached hydrogen (secondary N) is 2. The average molecular weight is 213 g/mol. The summed E-state index contributed by atoms with van der Waals surface area (Å²) in [6.45, 7) is 0.145. The minimum absolute atomic E-state index is 0.145. The molecule has 0 aromatic carbocycles. The standard InChI is InChI=1S/C7H11N5O3/c8-4(1-6(13)14)7(15)9-2-5-10-3-11-12-5/h3-4H,1-2,8H2,(H,9,15)(H,13,14)(H,10,11,12). The maximum absolute atomic E-state index is 11.2. The minimum Gasteiger partial charge on any atom is -0.481 e. The Kier molecular flexibility index (Phi) is 3.75. The first-order valence-corrected chi connectivity index (χ1v) is 4.19. The minimum atomic E-state index is -1.11. The number of hydrogen-bond acceptors (Lipinski definition) is 5. The van der Waals surface area contributed by atoms with Gasteiger partial charge in [-0.15, -0.1) is 0 Å². The molecule has 0 aliphatic heterocycles. The van der Waals surface area contributed by atoms with Crippen molar-refractivity contribution in [3.8, 4) is 0 Å². The van der Waals surface area contributed by atoms with Gasteiger partial charge in [-0.05, 0) is 0 Å². The number of carboxylic acid groups (broad SMARTS) is 1. The van der Waals surface area contributed by atoms with Crippen molar-refractivity contribution in [1.29, 1.82) is 0 Å². The second kappa shape index (κ2) is 5.05. The number of aromatic amines is 1. The van der Waals surface area contributed by atoms with Gasteiger partial charge in [-0.3, -0.25) is 14.7 Å². The zero-order valence-electron chi connectivity index (χ0n) is 7.80. The van der Waals surface area contributed by atoms with Crippen LogP contribution >= 0.6 is 0 Å². The van der Waals surface area contributed by atoms with Crippen molar-refractivity contribution >= 4 is 11.9 Å². The smallest absolute Gasteiger partial charge is 0.305 e. The molecule has 0 radical (unpaired) electrons. The molecule has 0 saturated carbocycles. The molecule has 1 rings (SSSR count). The van der Waals surface area contributed by atoms with Crippen molar-refractivity contribution in [1.82, 2.24) is 20.5 Å². The molecule has 0 bridgehead atoms. The van der Waals surface area contributed by atoms with Crippen molar-refractivity contribution < 1.29 is 14.7 Å². The van der Waals surface area contributed by atoms with E-state index >= 15 is 0 Å². The van der Waals surface area contributed by atoms with E-state index in [1.54, 1.807) is 0 Å². The van der Waals surface area contributed by atoms with Crippen molar-refractivity contribution in [2.24, 2.45) is 5.73 Å². The van der Waals surface area contributed by atoms with Crippen LogP contribution in [0, 0.1) is 0 Å². The van der Waals surface area contributed by atoms with Crippen LogP contribution in [0.1, 0.15) is 12.2 Å². The predicted molar refractivity (Wildman–Crippen MR) is 48.5 cm³/mol. The van der Waals surface area contributed by atoms with Crippen LogP contribution < -0.4 is 11.1 Å². The molecule has 8 heteroatoms. The number of carboxylic acids is 1. The molecule has 0 aliphatic rings. The summed E-state index contributed by atoms with van der Waals surface area (Å²) >= 11 is 0. The molecule has 0 fully saturated rings. The highest BCUT2D eigenvalue weighted by Gasteiger charge is 2.16. The number of H-pyrrole nitrogens is 1. The molecule has 1 heterocycles. The van der Waals surface area contributed by atoms with E-state index in [1.807, 2.05) is 0 Å². The Morgan fingerprint density at radius 3 is 2.93 bits per heavy atom. The van der Waals surface area contributed by atoms with Gasteiger partial charge in [-0.1, -0.05) is 0 Å². The second-order valence-corrected chi connectivity index (χ2v) is 2.85. The summed E-state index contributed by atoms with van der Waals surface area (Å²) in [7, 11) is 0. The Morgan fingerprint density at radius 1 is 1.67 bits per heavy atom. The van der Waals surface area contributed by atoms with E-state index in [2.05, 4.69) is 20.5 Å². The van der Waals surface area contributed by atoms with Crippen LogP contribution in [0.2, 0.25) is 0 Å². The highest BCUT2D eigenvalue weighted by molar-refractivity contribution is 5.85. The van der Waals surface area contributed by atoms with Crippen LogP contribution in [0.4, 0.5) is 0 Å². The molecule has 1 atom stereocenters. The van der Waals surface area contributed by atoms with Gasteiger partial charge in [0, 0.05) is 0 Å². The number of nitrogens with zero attached hydrogens (tertiary/aromatic N) is 2. The van der Waals surface area contributed by atoms with Crippen molar-refractivity contribution in [3.05, 3.63) is 12.2 Å². The van der Waals surface area contributed by atoms with Gasteiger partial charge in [-0.25, -0.2) is 4.98 Å². The van der Waals surface area contributed by atoms with E-state index in [1.165, 1.54) is 6.33 Å². The van der Waals surface area contributed by atoms with E-state index in [9.17, 15) is 9.59 Å². The Labute approximate surface area is 84.9 Å². The highest BCUT2D eigenvalue weighted by Crippen LogP contribution is 1.90. The van der Waals surface area contributed by atoms with E-state index in [0.29, 0.717) is 5.82 Å². The fourth-order valence-corrected chi connectivity index (χ4v) is 0.899. The molecule has 8 nitrogen and oxygen atoms in total. The van der Waals surface area contributed by atoms with E-state index in [0.717, 1.165) is 0 Å². The number of aromatic nitrogens is 3. The normalized spacial score (nSPS) is 12.1. The molecule has 1 aromatic heterocycles. The molecule has 15 heavy (non-hydrogen) atoms. The summed E-state index contributed by atoms with van der Waals surface area (Å²) in [5.74, 6) is -1.17. The summed E-state index contributed by atoms with van der Waals surface area (Å²) in [4.78, 5) is 25.2. The second-order valence-electron chi connectivity index (χ2n) is 2.85. The Morgan fingerprint density at radius 2 is 2.40 bits per heavy atom. The van der Waals surface area contributed by atoms with E-state index in [-0.39, 0.29) is 6.54 Å². The lowest BCUT2D eigenvalue weighted by Crippen LogP contribution is -2.41. The monoisotopic (exact) mass is 213 g/mol. The maximum atomic E-state index is 11.2. The average Bonchev–Trinajstić information content (AvgIpc) is 2.65. The Hall–Kier alpha value is -1.96. The molecule has 0 aliphatic carbocycles. The van der Waals surface area contributed by atoms with Gasteiger partial charge in [0.1, 0.15) is 12.2 Å². The number of amides is 1. The van der Waals surface area contributed by atoms with Gasteiger partial charge in [0.15, 0.2) is 0 Å². The fourth-order valence-electron chi connectivity index (χ4n) is 0.899. The van der Waals surface area contributed by atoms with Gasteiger partial charge >= 0.3 is 5.97 Å². The lowest BCUT2D eigenvalue weighted by molar-refractivity contribution is -0.139. The zero-order valence-corrected chi connectivity index (χ0v) is 7.80. The number of nitrogens with two attached hydrogens (primary N) is 1. The van der Waals surface area contributed by atoms with Crippen LogP contribution in [0.5, 0.6) is 0 Å². The van der Waals surface area contributed by atoms with Gasteiger partial charge in [0.25, 0.3) is 0 Å². The number of rotatable bonds is 5. The molecule has 1 aromatic rings. The number of aliphatic carboxylic acids is 1. The molecular formula is C7H11N5O3. The van der Waals surface area contributed by atoms with Gasteiger partial charge in [-0.2, -0.15) is 5.10 Å². The van der Waals surface area contributed by atoms with E-state index in [4.69, 9.17) is 10.8 Å². The van der Waals surface area contributed by atoms with Gasteiger partial charge in [0.05, 0.1) is 19.0 Å². The lowest BCUT2D eigenvalue weighted by atomic mass is 10.2. The third-order valence-corrected chi connectivity index (χ3v) is 1.63. The Bertz CT molecular complexity index is 336. The largest absolute Gasteiger partial charge is 0.481 e. The van der Waals surface area contributed by atoms with Crippen molar-refractivity contribution in [3.63, 3.8) is 0 Å². The van der Waals surface area contributed by atoms with Crippen LogP contribution in [0.25, 0.3) is 0 Å². The topological polar surface area (TPSA) is 134 Å². The quantitative estimate of drug-likeness (QED) is 0.457. The maximum Gasteiger partial charge on any atom is 0.305 e. The molecule has 0 saturated heterocycles. The SMILES string of the molecule is NC(CC(=O)O)C(=O)NCc1ncn[nH]1. The van der Waals surface area contributed by atoms with Crippen molar-refractivity contribution in [2.75, 3.05) is 0 Å². The summed E-state index contributed by atoms with van der Waals surface area (Å²) < 4.78 is 0. The van der Waals surface area contributed by atoms with E-state index < -0.39 is 24.3 Å². The van der Waals surface area contributed by atoms with Crippen molar-refractivity contribution in [2.45, 2.75) is 19.0 Å². The molecule has 0 spiro atoms. The van der Waals surface area contributed by atoms with Crippen LogP contribution in [0.3, 0.4) is 0 Å². The first-order chi connectivity index (χ1) is 7.09. The summed E-state index contributed by atoms with van der Waals surface area (Å²) in [5.41, 5.74) is 5.32. The summed E-state index contributed by atoms with van der Waals surface area (Å²) in [5, 5.41) is 16.9. The predicted octanol–water partition coefficient (Wildman–Crippen LogP) is -1.78. The number of carbonyl (C=O) groups excluding carboxylic acids is 1. The molecule has 5 N–H and O–H groups in total. The highest BCUT2D eigenvalue weighted by atomic mass is 16.4. The Balaban J connectivity index is 2.32. The van der Waals surface area contributed by atoms with Gasteiger partial charge in [0.2, 0.25) is 5.91 Å². The first kappa shape index (κ1) is 11.1. The molecule has 82 valence electrons. The van der Waals surface area contributed by atoms with Crippen LogP contribution in [-0.2, 0) is 16.1 Å². The summed E-state index contributed by atoms with van der Waals surface area (Å²) in [6, 6.07) is -1.05. The lowest BCUT2D eigenvalue weighted by Gasteiger charge is -2.08. The molecular weight excluding hydrogens is 202 g/mol. The van der Waals surface area contributed by atoms with Crippen LogP contribution in [0.15, 0.2) is 6.33 Å². The number of hydrogen-bond donors (Lipinski definition) is 4. The summed E-state index contributed by atoms with van der Waals surface area (Å²) in [6.07, 6.45) is 0.904. The molecule has 1 unspecified atom stereocenters. The zero-order chi connectivity index (χ0) is 11.3.